The molecule has 18 heavy (non-hydrogen) atoms. The van der Waals surface area contributed by atoms with Crippen molar-refractivity contribution in [2.45, 2.75) is 18.9 Å². The Morgan fingerprint density at radius 1 is 1.33 bits per heavy atom. The molecule has 1 unspecified atom stereocenters. The van der Waals surface area contributed by atoms with Crippen LogP contribution in [0.2, 0.25) is 0 Å². The normalized spacial score (nSPS) is 18.7. The lowest BCUT2D eigenvalue weighted by Crippen LogP contribution is -2.45. The molecule has 6 heteroatoms. The SMILES string of the molecule is O=C(O)C1CCCN1C(=O)N(Cl)c1ccccc1. The Kier molecular flexibility index (Phi) is 3.72. The van der Waals surface area contributed by atoms with E-state index in [0.717, 1.165) is 4.42 Å². The second kappa shape index (κ2) is 5.27. The average molecular weight is 269 g/mol. The zero-order valence-electron chi connectivity index (χ0n) is 9.62. The predicted octanol–water partition coefficient (Wildman–Crippen LogP) is 2.32. The molecule has 1 aliphatic heterocycles. The molecule has 1 heterocycles. The van der Waals surface area contributed by atoms with Crippen LogP contribution in [0.1, 0.15) is 12.8 Å². The first kappa shape index (κ1) is 12.7. The van der Waals surface area contributed by atoms with Gasteiger partial charge in [-0.25, -0.2) is 14.0 Å². The van der Waals surface area contributed by atoms with Gasteiger partial charge in [0.15, 0.2) is 0 Å². The molecular weight excluding hydrogens is 256 g/mol. The highest BCUT2D eigenvalue weighted by Crippen LogP contribution is 2.23. The van der Waals surface area contributed by atoms with Crippen molar-refractivity contribution < 1.29 is 14.7 Å². The van der Waals surface area contributed by atoms with Gasteiger partial charge in [-0.3, -0.25) is 0 Å². The number of carbonyl (C=O) groups excluding carboxylic acids is 1. The maximum atomic E-state index is 12.1. The molecule has 1 atom stereocenters. The number of rotatable bonds is 2. The fraction of sp³-hybridized carbons (Fsp3) is 0.333. The van der Waals surface area contributed by atoms with E-state index in [2.05, 4.69) is 0 Å². The highest BCUT2D eigenvalue weighted by Gasteiger charge is 2.36. The summed E-state index contributed by atoms with van der Waals surface area (Å²) in [4.78, 5) is 24.4. The number of anilines is 1. The van der Waals surface area contributed by atoms with Crippen LogP contribution < -0.4 is 4.42 Å². The van der Waals surface area contributed by atoms with Crippen molar-refractivity contribution >= 4 is 29.5 Å². The molecule has 2 amide bonds. The summed E-state index contributed by atoms with van der Waals surface area (Å²) in [7, 11) is 0. The smallest absolute Gasteiger partial charge is 0.340 e. The highest BCUT2D eigenvalue weighted by molar-refractivity contribution is 6.36. The lowest BCUT2D eigenvalue weighted by atomic mass is 10.2. The number of aliphatic carboxylic acids is 1. The van der Waals surface area contributed by atoms with Gasteiger partial charge < -0.3 is 10.0 Å². The van der Waals surface area contributed by atoms with Gasteiger partial charge in [-0.1, -0.05) is 18.2 Å². The van der Waals surface area contributed by atoms with E-state index >= 15 is 0 Å². The largest absolute Gasteiger partial charge is 0.480 e. The molecule has 1 aromatic rings. The zero-order chi connectivity index (χ0) is 13.1. The molecule has 1 fully saturated rings. The number of halogens is 1. The number of carboxylic acid groups (broad SMARTS) is 1. The second-order valence-corrected chi connectivity index (χ2v) is 4.43. The van der Waals surface area contributed by atoms with Crippen LogP contribution in [-0.2, 0) is 4.79 Å². The molecule has 0 saturated carbocycles. The Morgan fingerprint density at radius 3 is 2.61 bits per heavy atom. The summed E-state index contributed by atoms with van der Waals surface area (Å²) in [6.07, 6.45) is 1.16. The summed E-state index contributed by atoms with van der Waals surface area (Å²) < 4.78 is 0.960. The molecule has 1 aromatic carbocycles. The molecule has 0 radical (unpaired) electrons. The summed E-state index contributed by atoms with van der Waals surface area (Å²) >= 11 is 5.96. The summed E-state index contributed by atoms with van der Waals surface area (Å²) in [5, 5.41) is 9.03. The molecular formula is C12H13ClN2O3. The standard InChI is InChI=1S/C12H13ClN2O3/c13-15(9-5-2-1-3-6-9)12(18)14-8-4-7-10(14)11(16)17/h1-3,5-6,10H,4,7-8H2,(H,16,17). The molecule has 5 nitrogen and oxygen atoms in total. The third-order valence-electron chi connectivity index (χ3n) is 2.93. The number of amides is 2. The summed E-state index contributed by atoms with van der Waals surface area (Å²) in [5.41, 5.74) is 0.528. The van der Waals surface area contributed by atoms with Crippen molar-refractivity contribution in [1.82, 2.24) is 4.90 Å². The fourth-order valence-corrected chi connectivity index (χ4v) is 2.24. The summed E-state index contributed by atoms with van der Waals surface area (Å²) in [5.74, 6) is -0.987. The molecule has 0 spiro atoms. The zero-order valence-corrected chi connectivity index (χ0v) is 10.4. The minimum Gasteiger partial charge on any atom is -0.480 e. The maximum Gasteiger partial charge on any atom is 0.340 e. The van der Waals surface area contributed by atoms with E-state index in [1.165, 1.54) is 4.90 Å². The number of para-hydroxylation sites is 1. The molecule has 96 valence electrons. The number of hydrogen-bond donors (Lipinski definition) is 1. The van der Waals surface area contributed by atoms with Crippen LogP contribution in [0.25, 0.3) is 0 Å². The van der Waals surface area contributed by atoms with Crippen LogP contribution in [0.3, 0.4) is 0 Å². The van der Waals surface area contributed by atoms with E-state index in [-0.39, 0.29) is 0 Å². The van der Waals surface area contributed by atoms with E-state index in [0.29, 0.717) is 25.1 Å². The molecule has 0 bridgehead atoms. The van der Waals surface area contributed by atoms with Gasteiger partial charge in [-0.2, -0.15) is 0 Å². The predicted molar refractivity (Wildman–Crippen MR) is 67.5 cm³/mol. The minimum absolute atomic E-state index is 0.422. The molecule has 1 N–H and O–H groups in total. The number of likely N-dealkylation sites (tertiary alicyclic amines) is 1. The van der Waals surface area contributed by atoms with E-state index < -0.39 is 18.0 Å². The second-order valence-electron chi connectivity index (χ2n) is 4.09. The molecule has 1 aliphatic rings. The van der Waals surface area contributed by atoms with Crippen molar-refractivity contribution in [3.63, 3.8) is 0 Å². The molecule has 1 saturated heterocycles. The van der Waals surface area contributed by atoms with Crippen LogP contribution in [-0.4, -0.2) is 34.6 Å². The third-order valence-corrected chi connectivity index (χ3v) is 3.27. The van der Waals surface area contributed by atoms with E-state index in [9.17, 15) is 9.59 Å². The van der Waals surface area contributed by atoms with Crippen LogP contribution >= 0.6 is 11.8 Å². The Hall–Kier alpha value is -1.75. The van der Waals surface area contributed by atoms with E-state index in [1.54, 1.807) is 24.3 Å². The average Bonchev–Trinajstić information content (AvgIpc) is 2.87. The first-order chi connectivity index (χ1) is 8.61. The molecule has 0 aliphatic carbocycles. The highest BCUT2D eigenvalue weighted by atomic mass is 35.5. The quantitative estimate of drug-likeness (QED) is 0.838. The van der Waals surface area contributed by atoms with Crippen molar-refractivity contribution in [3.8, 4) is 0 Å². The van der Waals surface area contributed by atoms with E-state index in [4.69, 9.17) is 16.9 Å². The van der Waals surface area contributed by atoms with Gasteiger partial charge >= 0.3 is 12.0 Å². The number of carbonyl (C=O) groups is 2. The number of urea groups is 1. The number of hydrogen-bond acceptors (Lipinski definition) is 2. The Balaban J connectivity index is 2.14. The molecule has 2 rings (SSSR count). The van der Waals surface area contributed by atoms with Crippen LogP contribution in [0, 0.1) is 0 Å². The first-order valence-electron chi connectivity index (χ1n) is 5.65. The topological polar surface area (TPSA) is 60.9 Å². The first-order valence-corrected chi connectivity index (χ1v) is 5.99. The van der Waals surface area contributed by atoms with Crippen molar-refractivity contribution in [1.29, 1.82) is 0 Å². The van der Waals surface area contributed by atoms with Crippen LogP contribution in [0.4, 0.5) is 10.5 Å². The monoisotopic (exact) mass is 268 g/mol. The molecule has 0 aromatic heterocycles. The number of carboxylic acids is 1. The van der Waals surface area contributed by atoms with Gasteiger partial charge in [-0.15, -0.1) is 0 Å². The van der Waals surface area contributed by atoms with Crippen molar-refractivity contribution in [3.05, 3.63) is 30.3 Å². The van der Waals surface area contributed by atoms with Gasteiger partial charge in [0, 0.05) is 18.3 Å². The van der Waals surface area contributed by atoms with Crippen LogP contribution in [0.15, 0.2) is 30.3 Å². The van der Waals surface area contributed by atoms with Gasteiger partial charge in [0.25, 0.3) is 0 Å². The Bertz CT molecular complexity index is 452. The van der Waals surface area contributed by atoms with Crippen molar-refractivity contribution in [2.24, 2.45) is 0 Å². The lowest BCUT2D eigenvalue weighted by molar-refractivity contribution is -0.141. The van der Waals surface area contributed by atoms with E-state index in [1.807, 2.05) is 6.07 Å². The lowest BCUT2D eigenvalue weighted by Gasteiger charge is -2.25. The number of benzene rings is 1. The van der Waals surface area contributed by atoms with Gasteiger partial charge in [-0.05, 0) is 25.0 Å². The summed E-state index contributed by atoms with van der Waals surface area (Å²) in [6, 6.07) is 7.45. The van der Waals surface area contributed by atoms with Gasteiger partial charge in [0.1, 0.15) is 6.04 Å². The van der Waals surface area contributed by atoms with Gasteiger partial charge in [0.2, 0.25) is 0 Å². The third kappa shape index (κ3) is 2.41. The van der Waals surface area contributed by atoms with Gasteiger partial charge in [0.05, 0.1) is 5.69 Å². The minimum atomic E-state index is -0.987. The Labute approximate surface area is 110 Å². The maximum absolute atomic E-state index is 12.1. The number of nitrogens with zero attached hydrogens (tertiary/aromatic N) is 2. The van der Waals surface area contributed by atoms with Crippen molar-refractivity contribution in [2.75, 3.05) is 11.0 Å². The van der Waals surface area contributed by atoms with Crippen LogP contribution in [0.5, 0.6) is 0 Å². The Morgan fingerprint density at radius 2 is 2.00 bits per heavy atom. The fourth-order valence-electron chi connectivity index (χ4n) is 2.03. The summed E-state index contributed by atoms with van der Waals surface area (Å²) in [6.45, 7) is 0.422.